The summed E-state index contributed by atoms with van der Waals surface area (Å²) in [6.45, 7) is 0. The van der Waals surface area contributed by atoms with Crippen LogP contribution in [0.1, 0.15) is 76.2 Å². The lowest BCUT2D eigenvalue weighted by Crippen LogP contribution is -2.40. The molecule has 2 saturated carbocycles. The van der Waals surface area contributed by atoms with Crippen molar-refractivity contribution in [3.63, 3.8) is 0 Å². The first kappa shape index (κ1) is 23.8. The molecule has 4 rings (SSSR count). The molecule has 0 aliphatic heterocycles. The van der Waals surface area contributed by atoms with Gasteiger partial charge in [-0.1, -0.05) is 82.9 Å². The molecule has 166 valence electrons. The number of halogens is 1. The molecule has 0 aromatic heterocycles. The van der Waals surface area contributed by atoms with Gasteiger partial charge in [-0.25, -0.2) is 0 Å². The Morgan fingerprint density at radius 2 is 1.40 bits per heavy atom. The summed E-state index contributed by atoms with van der Waals surface area (Å²) < 4.78 is 12.6. The van der Waals surface area contributed by atoms with E-state index in [1.165, 1.54) is 75.3 Å². The van der Waals surface area contributed by atoms with Crippen LogP contribution in [0.15, 0.2) is 48.2 Å². The molecule has 1 aromatic rings. The van der Waals surface area contributed by atoms with Crippen molar-refractivity contribution in [2.45, 2.75) is 87.3 Å². The molecule has 30 heavy (non-hydrogen) atoms. The Morgan fingerprint density at radius 1 is 0.833 bits per heavy atom. The third-order valence-electron chi connectivity index (χ3n) is 7.27. The van der Waals surface area contributed by atoms with Crippen molar-refractivity contribution in [1.82, 2.24) is 0 Å². The molecule has 2 nitrogen and oxygen atoms in total. The summed E-state index contributed by atoms with van der Waals surface area (Å²) in [5, 5.41) is -0.221. The average Bonchev–Trinajstić information content (AvgIpc) is 2.81. The molecule has 0 amide bonds. The predicted octanol–water partition coefficient (Wildman–Crippen LogP) is 7.92. The number of hydrogen-bond acceptors (Lipinski definition) is 2. The molecule has 2 fully saturated rings. The monoisotopic (exact) mass is 448 g/mol. The summed E-state index contributed by atoms with van der Waals surface area (Å²) in [6, 6.07) is 10.9. The van der Waals surface area contributed by atoms with E-state index in [0.717, 1.165) is 23.5 Å². The first-order valence-electron chi connectivity index (χ1n) is 11.6. The zero-order valence-electron chi connectivity index (χ0n) is 18.6. The molecule has 0 spiro atoms. The van der Waals surface area contributed by atoms with Crippen molar-refractivity contribution in [1.29, 1.82) is 0 Å². The summed E-state index contributed by atoms with van der Waals surface area (Å²) in [6.07, 6.45) is 19.4. The summed E-state index contributed by atoms with van der Waals surface area (Å²) in [5.41, 5.74) is 4.23. The molecule has 1 aromatic carbocycles. The number of ether oxygens (including phenoxy) is 2. The first-order valence-corrected chi connectivity index (χ1v) is 13.1. The maximum absolute atomic E-state index is 6.69. The van der Waals surface area contributed by atoms with Gasteiger partial charge in [0.25, 0.3) is 0 Å². The summed E-state index contributed by atoms with van der Waals surface area (Å²) in [7, 11) is 3.48. The second kappa shape index (κ2) is 11.2. The SMILES string of the molecule is COC1=C(c2ccccc2)C(OC)(P(C2CCCCC2)C2CCCCC2)CC=C1.Cl. The molecule has 0 N–H and O–H groups in total. The van der Waals surface area contributed by atoms with E-state index in [4.69, 9.17) is 9.47 Å². The van der Waals surface area contributed by atoms with Crippen LogP contribution >= 0.6 is 20.3 Å². The zero-order chi connectivity index (χ0) is 20.1. The molecule has 3 aliphatic carbocycles. The van der Waals surface area contributed by atoms with Gasteiger partial charge in [-0.15, -0.1) is 12.4 Å². The summed E-state index contributed by atoms with van der Waals surface area (Å²) in [5.74, 6) is 1.00. The zero-order valence-corrected chi connectivity index (χ0v) is 20.4. The Balaban J connectivity index is 0.00000256. The van der Waals surface area contributed by atoms with E-state index < -0.39 is 0 Å². The smallest absolute Gasteiger partial charge is 0.125 e. The van der Waals surface area contributed by atoms with Gasteiger partial charge in [0.2, 0.25) is 0 Å². The van der Waals surface area contributed by atoms with E-state index in [2.05, 4.69) is 42.5 Å². The van der Waals surface area contributed by atoms with Gasteiger partial charge in [-0.2, -0.15) is 0 Å². The Hall–Kier alpha value is -0.820. The van der Waals surface area contributed by atoms with Crippen LogP contribution in [-0.4, -0.2) is 30.9 Å². The van der Waals surface area contributed by atoms with Crippen molar-refractivity contribution < 1.29 is 9.47 Å². The van der Waals surface area contributed by atoms with Gasteiger partial charge in [0.1, 0.15) is 11.1 Å². The second-order valence-corrected chi connectivity index (χ2v) is 11.9. The lowest BCUT2D eigenvalue weighted by molar-refractivity contribution is 0.108. The third kappa shape index (κ3) is 4.67. The Kier molecular flexibility index (Phi) is 8.87. The van der Waals surface area contributed by atoms with Crippen molar-refractivity contribution in [2.24, 2.45) is 0 Å². The van der Waals surface area contributed by atoms with Gasteiger partial charge in [0.05, 0.1) is 7.11 Å². The van der Waals surface area contributed by atoms with Crippen molar-refractivity contribution in [2.75, 3.05) is 14.2 Å². The van der Waals surface area contributed by atoms with Gasteiger partial charge in [-0.3, -0.25) is 0 Å². The van der Waals surface area contributed by atoms with Crippen molar-refractivity contribution in [3.8, 4) is 0 Å². The average molecular weight is 449 g/mol. The van der Waals surface area contributed by atoms with Crippen molar-refractivity contribution >= 4 is 25.9 Å². The van der Waals surface area contributed by atoms with Crippen LogP contribution in [0.4, 0.5) is 0 Å². The quantitative estimate of drug-likeness (QED) is 0.411. The number of benzene rings is 1. The maximum atomic E-state index is 6.69. The van der Waals surface area contributed by atoms with E-state index in [-0.39, 0.29) is 25.7 Å². The molecule has 4 heteroatoms. The first-order chi connectivity index (χ1) is 14.3. The fourth-order valence-corrected chi connectivity index (χ4v) is 10.6. The van der Waals surface area contributed by atoms with Gasteiger partial charge >= 0.3 is 0 Å². The minimum atomic E-state index is -0.306. The van der Waals surface area contributed by atoms with Crippen LogP contribution in [0.5, 0.6) is 0 Å². The lowest BCUT2D eigenvalue weighted by Gasteiger charge is -2.51. The highest BCUT2D eigenvalue weighted by Crippen LogP contribution is 2.69. The summed E-state index contributed by atoms with van der Waals surface area (Å²) >= 11 is 0. The minimum Gasteiger partial charge on any atom is -0.496 e. The fourth-order valence-electron chi connectivity index (χ4n) is 5.98. The maximum Gasteiger partial charge on any atom is 0.125 e. The largest absolute Gasteiger partial charge is 0.496 e. The Labute approximate surface area is 190 Å². The van der Waals surface area contributed by atoms with E-state index in [0.29, 0.717) is 0 Å². The van der Waals surface area contributed by atoms with Crippen LogP contribution in [0, 0.1) is 0 Å². The van der Waals surface area contributed by atoms with E-state index in [1.807, 2.05) is 14.2 Å². The normalized spacial score (nSPS) is 26.0. The highest BCUT2D eigenvalue weighted by Gasteiger charge is 2.51. The van der Waals surface area contributed by atoms with Gasteiger partial charge in [0.15, 0.2) is 0 Å². The predicted molar refractivity (Wildman–Crippen MR) is 132 cm³/mol. The lowest BCUT2D eigenvalue weighted by atomic mass is 9.92. The molecule has 1 atom stereocenters. The highest BCUT2D eigenvalue weighted by atomic mass is 35.5. The van der Waals surface area contributed by atoms with Crippen LogP contribution in [0.3, 0.4) is 0 Å². The van der Waals surface area contributed by atoms with Crippen molar-refractivity contribution in [3.05, 3.63) is 53.8 Å². The fraction of sp³-hybridized carbons (Fsp3) is 0.615. The molecular weight excluding hydrogens is 411 g/mol. The van der Waals surface area contributed by atoms with Crippen LogP contribution in [-0.2, 0) is 9.47 Å². The number of hydrogen-bond donors (Lipinski definition) is 0. The Morgan fingerprint density at radius 3 is 1.90 bits per heavy atom. The van der Waals surface area contributed by atoms with Gasteiger partial charge in [-0.05, 0) is 48.6 Å². The van der Waals surface area contributed by atoms with Gasteiger partial charge < -0.3 is 9.47 Å². The van der Waals surface area contributed by atoms with Crippen LogP contribution in [0.2, 0.25) is 0 Å². The summed E-state index contributed by atoms with van der Waals surface area (Å²) in [4.78, 5) is 0. The number of allylic oxidation sites excluding steroid dienone is 1. The topological polar surface area (TPSA) is 18.5 Å². The van der Waals surface area contributed by atoms with Crippen LogP contribution in [0.25, 0.3) is 5.57 Å². The molecule has 3 aliphatic rings. The molecule has 1 unspecified atom stereocenters. The molecular formula is C26H38ClO2P. The van der Waals surface area contributed by atoms with E-state index >= 15 is 0 Å². The molecule has 0 bridgehead atoms. The van der Waals surface area contributed by atoms with E-state index in [9.17, 15) is 0 Å². The third-order valence-corrected chi connectivity index (χ3v) is 11.3. The van der Waals surface area contributed by atoms with E-state index in [1.54, 1.807) is 0 Å². The highest BCUT2D eigenvalue weighted by molar-refractivity contribution is 7.61. The molecule has 0 radical (unpaired) electrons. The molecule has 0 saturated heterocycles. The number of rotatable bonds is 6. The minimum absolute atomic E-state index is 0. The number of methoxy groups -OCH3 is 2. The second-order valence-electron chi connectivity index (χ2n) is 8.90. The molecule has 0 heterocycles. The standard InChI is InChI=1S/C26H37O2P.ClH/c1-27-24-19-12-20-26(28-2,25(24)21-13-6-3-7-14-21)29(22-15-8-4-9-16-22)23-17-10-5-11-18-23;/h3,6-7,12-14,19,22-23H,4-5,8-11,15-18,20H2,1-2H3;1H. The van der Waals surface area contributed by atoms with Gasteiger partial charge in [0, 0.05) is 19.1 Å². The Bertz CT molecular complexity index is 702. The van der Waals surface area contributed by atoms with Crippen LogP contribution < -0.4 is 0 Å².